The number of benzene rings is 1. The highest BCUT2D eigenvalue weighted by Gasteiger charge is 2.65. The number of ketones is 2. The zero-order chi connectivity index (χ0) is 15.8. The molecule has 110 valence electrons. The highest BCUT2D eigenvalue weighted by molar-refractivity contribution is 7.01. The van der Waals surface area contributed by atoms with E-state index in [1.807, 2.05) is 12.1 Å². The molecule has 1 aromatic carbocycles. The van der Waals surface area contributed by atoms with Gasteiger partial charge in [0.05, 0.1) is 16.1 Å². The number of carbonyl (C=O) groups is 2. The average molecular weight is 315 g/mol. The molecule has 0 unspecified atom stereocenters. The van der Waals surface area contributed by atoms with Crippen LogP contribution in [0, 0.1) is 0 Å². The third-order valence-corrected chi connectivity index (χ3v) is 15.1. The van der Waals surface area contributed by atoms with Gasteiger partial charge in [0, 0.05) is 15.8 Å². The molecule has 2 nitrogen and oxygen atoms in total. The first-order valence-electron chi connectivity index (χ1n) is 7.47. The predicted molar refractivity (Wildman–Crippen MR) is 91.7 cm³/mol. The number of hydrogen-bond acceptors (Lipinski definition) is 2. The summed E-state index contributed by atoms with van der Waals surface area (Å²) in [6, 6.07) is 4.07. The van der Waals surface area contributed by atoms with Gasteiger partial charge < -0.3 is 0 Å². The molecule has 4 heteroatoms. The Hall–Kier alpha value is -1.27. The van der Waals surface area contributed by atoms with Crippen LogP contribution in [0.15, 0.2) is 24.3 Å². The number of hydrogen-bond donors (Lipinski definition) is 0. The van der Waals surface area contributed by atoms with Gasteiger partial charge in [-0.25, -0.2) is 0 Å². The molecule has 0 bridgehead atoms. The second kappa shape index (κ2) is 3.93. The zero-order valence-electron chi connectivity index (χ0n) is 13.6. The number of rotatable bonds is 2. The van der Waals surface area contributed by atoms with Crippen LogP contribution in [0.4, 0.5) is 0 Å². The zero-order valence-corrected chi connectivity index (χ0v) is 15.6. The normalized spacial score (nSPS) is 19.3. The number of carbonyl (C=O) groups excluding carboxylic acids is 2. The first-order chi connectivity index (χ1) is 9.51. The summed E-state index contributed by atoms with van der Waals surface area (Å²) in [5, 5.41) is 0. The SMILES string of the molecule is C[Si](C)(C)C1([Si](C)(C)C)c2cc3c(cc21)C(=O)C=CC3=O. The second-order valence-electron chi connectivity index (χ2n) is 8.26. The Morgan fingerprint density at radius 3 is 1.33 bits per heavy atom. The molecule has 1 aromatic rings. The number of allylic oxidation sites excluding steroid dienone is 2. The highest BCUT2D eigenvalue weighted by Crippen LogP contribution is 2.61. The highest BCUT2D eigenvalue weighted by atomic mass is 28.4. The fourth-order valence-electron chi connectivity index (χ4n) is 4.62. The van der Waals surface area contributed by atoms with Crippen molar-refractivity contribution in [2.75, 3.05) is 0 Å². The molecule has 0 radical (unpaired) electrons. The van der Waals surface area contributed by atoms with E-state index in [9.17, 15) is 9.59 Å². The lowest BCUT2D eigenvalue weighted by molar-refractivity contribution is 0.0994. The maximum absolute atomic E-state index is 12.1. The predicted octanol–water partition coefficient (Wildman–Crippen LogP) is 3.98. The van der Waals surface area contributed by atoms with Crippen molar-refractivity contribution in [3.05, 3.63) is 46.5 Å². The molecule has 0 N–H and O–H groups in total. The monoisotopic (exact) mass is 314 g/mol. The largest absolute Gasteiger partial charge is 0.289 e. The van der Waals surface area contributed by atoms with Crippen molar-refractivity contribution in [3.8, 4) is 0 Å². The molecule has 21 heavy (non-hydrogen) atoms. The van der Waals surface area contributed by atoms with Gasteiger partial charge in [-0.15, -0.1) is 0 Å². The minimum absolute atomic E-state index is 0.0284. The van der Waals surface area contributed by atoms with Crippen molar-refractivity contribution >= 4 is 27.7 Å². The maximum atomic E-state index is 12.1. The van der Waals surface area contributed by atoms with Crippen molar-refractivity contribution in [1.82, 2.24) is 0 Å². The lowest BCUT2D eigenvalue weighted by atomic mass is 9.95. The van der Waals surface area contributed by atoms with E-state index < -0.39 is 16.1 Å². The van der Waals surface area contributed by atoms with Gasteiger partial charge in [-0.3, -0.25) is 9.59 Å². The second-order valence-corrected chi connectivity index (χ2v) is 19.3. The molecule has 0 spiro atoms. The van der Waals surface area contributed by atoms with E-state index in [0.717, 1.165) is 0 Å². The van der Waals surface area contributed by atoms with Crippen LogP contribution in [-0.2, 0) is 4.66 Å². The summed E-state index contributed by atoms with van der Waals surface area (Å²) in [5.41, 5.74) is 3.94. The Bertz CT molecular complexity index is 655. The lowest BCUT2D eigenvalue weighted by Crippen LogP contribution is -2.55. The van der Waals surface area contributed by atoms with E-state index in [0.29, 0.717) is 11.1 Å². The van der Waals surface area contributed by atoms with Crippen LogP contribution in [0.25, 0.3) is 0 Å². The third kappa shape index (κ3) is 1.69. The van der Waals surface area contributed by atoms with Crippen molar-refractivity contribution in [3.63, 3.8) is 0 Å². The van der Waals surface area contributed by atoms with Gasteiger partial charge in [0.25, 0.3) is 0 Å². The third-order valence-electron chi connectivity index (χ3n) is 5.07. The Labute approximate surface area is 128 Å². The number of fused-ring (bicyclic) bond motifs is 2. The molecule has 0 amide bonds. The van der Waals surface area contributed by atoms with Crippen LogP contribution in [0.2, 0.25) is 39.3 Å². The summed E-state index contributed by atoms with van der Waals surface area (Å²) in [6.07, 6.45) is 2.81. The standard InChI is InChI=1S/C17H22O2Si2/c1-20(2,3)17(21(4,5)6)13-9-11-12(10-14(13)17)16(19)8-7-15(11)18/h7-10H,1-6H3. The van der Waals surface area contributed by atoms with Crippen LogP contribution in [0.5, 0.6) is 0 Å². The van der Waals surface area contributed by atoms with Crippen molar-refractivity contribution < 1.29 is 9.59 Å². The van der Waals surface area contributed by atoms with E-state index >= 15 is 0 Å². The van der Waals surface area contributed by atoms with Crippen molar-refractivity contribution in [2.24, 2.45) is 0 Å². The van der Waals surface area contributed by atoms with Gasteiger partial charge in [-0.2, -0.15) is 0 Å². The average Bonchev–Trinajstić information content (AvgIpc) is 3.00. The van der Waals surface area contributed by atoms with E-state index in [4.69, 9.17) is 0 Å². The van der Waals surface area contributed by atoms with E-state index in [1.54, 1.807) is 0 Å². The molecule has 2 aliphatic rings. The molecular weight excluding hydrogens is 292 g/mol. The minimum atomic E-state index is -1.49. The maximum Gasteiger partial charge on any atom is 0.186 e. The molecule has 2 aliphatic carbocycles. The lowest BCUT2D eigenvalue weighted by Gasteiger charge is -2.40. The summed E-state index contributed by atoms with van der Waals surface area (Å²) in [5.74, 6) is -0.0568. The molecule has 0 saturated heterocycles. The van der Waals surface area contributed by atoms with Crippen LogP contribution in [0.3, 0.4) is 0 Å². The summed E-state index contributed by atoms with van der Waals surface area (Å²) in [7, 11) is -2.98. The summed E-state index contributed by atoms with van der Waals surface area (Å²) >= 11 is 0. The molecule has 0 saturated carbocycles. The van der Waals surface area contributed by atoms with Gasteiger partial charge in [0.1, 0.15) is 0 Å². The van der Waals surface area contributed by atoms with E-state index in [2.05, 4.69) is 39.3 Å². The fourth-order valence-corrected chi connectivity index (χ4v) is 17.6. The Balaban J connectivity index is 2.26. The summed E-state index contributed by atoms with van der Waals surface area (Å²) in [6.45, 7) is 14.5. The van der Waals surface area contributed by atoms with Crippen LogP contribution in [0.1, 0.15) is 31.8 Å². The summed E-state index contributed by atoms with van der Waals surface area (Å²) < 4.78 is 0.206. The van der Waals surface area contributed by atoms with Crippen molar-refractivity contribution in [2.45, 2.75) is 43.9 Å². The molecule has 0 heterocycles. The first-order valence-corrected chi connectivity index (χ1v) is 14.5. The first kappa shape index (κ1) is 14.7. The Morgan fingerprint density at radius 1 is 0.714 bits per heavy atom. The smallest absolute Gasteiger partial charge is 0.186 e. The quantitative estimate of drug-likeness (QED) is 0.774. The van der Waals surface area contributed by atoms with Gasteiger partial charge in [0.2, 0.25) is 0 Å². The molecule has 3 rings (SSSR count). The van der Waals surface area contributed by atoms with Gasteiger partial charge in [-0.1, -0.05) is 39.3 Å². The van der Waals surface area contributed by atoms with Gasteiger partial charge >= 0.3 is 0 Å². The van der Waals surface area contributed by atoms with Gasteiger partial charge in [0.15, 0.2) is 11.6 Å². The Morgan fingerprint density at radius 2 is 1.05 bits per heavy atom. The van der Waals surface area contributed by atoms with Crippen LogP contribution >= 0.6 is 0 Å². The molecular formula is C17H22O2Si2. The molecule has 0 aromatic heterocycles. The molecule has 0 fully saturated rings. The van der Waals surface area contributed by atoms with E-state index in [-0.39, 0.29) is 16.2 Å². The van der Waals surface area contributed by atoms with Crippen molar-refractivity contribution in [1.29, 1.82) is 0 Å². The Kier molecular flexibility index (Phi) is 2.74. The van der Waals surface area contributed by atoms with Crippen LogP contribution < -0.4 is 0 Å². The molecule has 0 aliphatic heterocycles. The topological polar surface area (TPSA) is 34.1 Å². The van der Waals surface area contributed by atoms with Crippen LogP contribution in [-0.4, -0.2) is 27.7 Å². The van der Waals surface area contributed by atoms with E-state index in [1.165, 1.54) is 23.3 Å². The fraction of sp³-hybridized carbons (Fsp3) is 0.412. The summed E-state index contributed by atoms with van der Waals surface area (Å²) in [4.78, 5) is 24.2. The van der Waals surface area contributed by atoms with Gasteiger partial charge in [-0.05, 0) is 35.4 Å². The molecule has 0 atom stereocenters. The minimum Gasteiger partial charge on any atom is -0.289 e.